The normalized spacial score (nSPS) is 14.1. The Balaban J connectivity index is 2.70. The minimum absolute atomic E-state index is 0.0285. The minimum Gasteiger partial charge on any atom is -0.390 e. The fraction of sp³-hybridized carbons (Fsp3) is 0.600. The van der Waals surface area contributed by atoms with Crippen molar-refractivity contribution in [3.8, 4) is 0 Å². The highest BCUT2D eigenvalue weighted by molar-refractivity contribution is 7.51. The average molecular weight is 316 g/mol. The molecular formula is C15H25O5P. The van der Waals surface area contributed by atoms with E-state index in [4.69, 9.17) is 14.5 Å². The summed E-state index contributed by atoms with van der Waals surface area (Å²) in [7, 11) is -4.10. The summed E-state index contributed by atoms with van der Waals surface area (Å²) in [5, 5.41) is 10.3. The molecule has 0 amide bonds. The molecule has 120 valence electrons. The summed E-state index contributed by atoms with van der Waals surface area (Å²) in [5.74, 6) is 0. The van der Waals surface area contributed by atoms with Crippen molar-refractivity contribution in [3.05, 3.63) is 35.9 Å². The van der Waals surface area contributed by atoms with Crippen LogP contribution in [-0.4, -0.2) is 32.8 Å². The van der Waals surface area contributed by atoms with Gasteiger partial charge in [0, 0.05) is 0 Å². The molecule has 0 aliphatic rings. The zero-order valence-electron chi connectivity index (χ0n) is 12.6. The van der Waals surface area contributed by atoms with Crippen LogP contribution in [0.15, 0.2) is 30.3 Å². The number of aliphatic hydroxyl groups excluding tert-OH is 1. The molecule has 0 spiro atoms. The van der Waals surface area contributed by atoms with E-state index in [9.17, 15) is 9.67 Å². The van der Waals surface area contributed by atoms with Crippen molar-refractivity contribution in [3.63, 3.8) is 0 Å². The molecule has 1 aromatic rings. The third kappa shape index (κ3) is 5.89. The first-order valence-corrected chi connectivity index (χ1v) is 9.03. The van der Waals surface area contributed by atoms with Gasteiger partial charge in [0.05, 0.1) is 24.5 Å². The molecule has 0 aliphatic heterocycles. The molecule has 0 bridgehead atoms. The lowest BCUT2D eigenvalue weighted by molar-refractivity contribution is -0.137. The zero-order chi connectivity index (χ0) is 15.9. The number of aliphatic hydroxyl groups is 1. The van der Waals surface area contributed by atoms with Crippen LogP contribution in [0, 0.1) is 0 Å². The van der Waals surface area contributed by atoms with Crippen molar-refractivity contribution < 1.29 is 24.2 Å². The van der Waals surface area contributed by atoms with Crippen molar-refractivity contribution in [2.45, 2.75) is 51.4 Å². The van der Waals surface area contributed by atoms with Gasteiger partial charge >= 0.3 is 7.60 Å². The van der Waals surface area contributed by atoms with Gasteiger partial charge in [-0.05, 0) is 24.8 Å². The van der Waals surface area contributed by atoms with Crippen LogP contribution in [0.5, 0.6) is 0 Å². The SMILES string of the molecule is CCC(CC)(OCc1ccccc1)[C@H](O)CCP(=O)(O)O. The Morgan fingerprint density at radius 1 is 1.19 bits per heavy atom. The van der Waals surface area contributed by atoms with Crippen molar-refractivity contribution in [2.24, 2.45) is 0 Å². The van der Waals surface area contributed by atoms with Crippen LogP contribution in [0.4, 0.5) is 0 Å². The van der Waals surface area contributed by atoms with E-state index in [1.54, 1.807) is 0 Å². The van der Waals surface area contributed by atoms with Crippen LogP contribution in [0.2, 0.25) is 0 Å². The van der Waals surface area contributed by atoms with E-state index in [1.807, 2.05) is 44.2 Å². The van der Waals surface area contributed by atoms with Crippen LogP contribution in [-0.2, 0) is 15.9 Å². The second-order valence-electron chi connectivity index (χ2n) is 5.24. The fourth-order valence-electron chi connectivity index (χ4n) is 2.38. The molecule has 0 heterocycles. The molecular weight excluding hydrogens is 291 g/mol. The Morgan fingerprint density at radius 2 is 1.76 bits per heavy atom. The summed E-state index contributed by atoms with van der Waals surface area (Å²) in [6.45, 7) is 4.19. The fourth-order valence-corrected chi connectivity index (χ4v) is 2.96. The molecule has 0 saturated carbocycles. The Labute approximate surface area is 126 Å². The molecule has 3 N–H and O–H groups in total. The highest BCUT2D eigenvalue weighted by Gasteiger charge is 2.36. The first-order chi connectivity index (χ1) is 9.83. The number of rotatable bonds is 9. The zero-order valence-corrected chi connectivity index (χ0v) is 13.5. The van der Waals surface area contributed by atoms with E-state index in [0.29, 0.717) is 19.4 Å². The van der Waals surface area contributed by atoms with Crippen molar-refractivity contribution in [1.82, 2.24) is 0 Å². The molecule has 0 aromatic heterocycles. The minimum atomic E-state index is -4.10. The highest BCUT2D eigenvalue weighted by atomic mass is 31.2. The Hall–Kier alpha value is -0.710. The molecule has 0 fully saturated rings. The summed E-state index contributed by atoms with van der Waals surface area (Å²) in [6, 6.07) is 9.65. The summed E-state index contributed by atoms with van der Waals surface area (Å²) in [4.78, 5) is 17.9. The standard InChI is InChI=1S/C15H25O5P/c1-3-15(4-2,14(16)10-11-21(17,18)19)20-12-13-8-6-5-7-9-13/h5-9,14,16H,3-4,10-12H2,1-2H3,(H2,17,18,19)/t14-/m1/s1. The third-order valence-corrected chi connectivity index (χ3v) is 4.71. The molecule has 0 aliphatic carbocycles. The summed E-state index contributed by atoms with van der Waals surface area (Å²) < 4.78 is 16.9. The molecule has 0 unspecified atom stereocenters. The van der Waals surface area contributed by atoms with E-state index in [0.717, 1.165) is 5.56 Å². The van der Waals surface area contributed by atoms with Gasteiger partial charge in [-0.15, -0.1) is 0 Å². The van der Waals surface area contributed by atoms with Gasteiger partial charge in [-0.25, -0.2) is 0 Å². The van der Waals surface area contributed by atoms with E-state index in [2.05, 4.69) is 0 Å². The average Bonchev–Trinajstić information content (AvgIpc) is 2.47. The second-order valence-corrected chi connectivity index (χ2v) is 7.02. The first kappa shape index (κ1) is 18.3. The monoisotopic (exact) mass is 316 g/mol. The van der Waals surface area contributed by atoms with Gasteiger partial charge in [0.25, 0.3) is 0 Å². The maximum absolute atomic E-state index is 11.0. The van der Waals surface area contributed by atoms with Crippen LogP contribution in [0.1, 0.15) is 38.7 Å². The summed E-state index contributed by atoms with van der Waals surface area (Å²) in [6.07, 6.45) is -0.0355. The number of hydrogen-bond donors (Lipinski definition) is 3. The predicted molar refractivity (Wildman–Crippen MR) is 82.1 cm³/mol. The van der Waals surface area contributed by atoms with Crippen molar-refractivity contribution >= 4 is 7.60 Å². The van der Waals surface area contributed by atoms with Gasteiger partial charge in [-0.1, -0.05) is 44.2 Å². The van der Waals surface area contributed by atoms with Crippen molar-refractivity contribution in [1.29, 1.82) is 0 Å². The first-order valence-electron chi connectivity index (χ1n) is 7.23. The van der Waals surface area contributed by atoms with Crippen LogP contribution in [0.3, 0.4) is 0 Å². The van der Waals surface area contributed by atoms with Gasteiger partial charge in [-0.2, -0.15) is 0 Å². The third-order valence-electron chi connectivity index (χ3n) is 3.87. The molecule has 21 heavy (non-hydrogen) atoms. The number of benzene rings is 1. The van der Waals surface area contributed by atoms with Crippen LogP contribution < -0.4 is 0 Å². The Bertz CT molecular complexity index is 452. The van der Waals surface area contributed by atoms with Gasteiger partial charge in [0.15, 0.2) is 0 Å². The number of ether oxygens (including phenoxy) is 1. The molecule has 5 nitrogen and oxygen atoms in total. The lowest BCUT2D eigenvalue weighted by atomic mass is 9.88. The molecule has 1 rings (SSSR count). The van der Waals surface area contributed by atoms with Gasteiger partial charge < -0.3 is 19.6 Å². The van der Waals surface area contributed by atoms with Crippen LogP contribution >= 0.6 is 7.60 Å². The topological polar surface area (TPSA) is 87.0 Å². The van der Waals surface area contributed by atoms with E-state index in [-0.39, 0.29) is 12.6 Å². The van der Waals surface area contributed by atoms with E-state index in [1.165, 1.54) is 0 Å². The Morgan fingerprint density at radius 3 is 2.24 bits per heavy atom. The van der Waals surface area contributed by atoms with Crippen LogP contribution in [0.25, 0.3) is 0 Å². The highest BCUT2D eigenvalue weighted by Crippen LogP contribution is 2.38. The lowest BCUT2D eigenvalue weighted by Gasteiger charge is -2.36. The molecule has 6 heteroatoms. The maximum atomic E-state index is 11.0. The maximum Gasteiger partial charge on any atom is 0.325 e. The van der Waals surface area contributed by atoms with Crippen molar-refractivity contribution in [2.75, 3.05) is 6.16 Å². The largest absolute Gasteiger partial charge is 0.390 e. The number of hydrogen-bond acceptors (Lipinski definition) is 3. The van der Waals surface area contributed by atoms with E-state index >= 15 is 0 Å². The second kappa shape index (κ2) is 8.06. The molecule has 1 atom stereocenters. The van der Waals surface area contributed by atoms with Gasteiger partial charge in [0.1, 0.15) is 0 Å². The van der Waals surface area contributed by atoms with Gasteiger partial charge in [-0.3, -0.25) is 4.57 Å². The van der Waals surface area contributed by atoms with Gasteiger partial charge in [0.2, 0.25) is 0 Å². The molecule has 1 aromatic carbocycles. The lowest BCUT2D eigenvalue weighted by Crippen LogP contribution is -2.44. The quantitative estimate of drug-likeness (QED) is 0.610. The summed E-state index contributed by atoms with van der Waals surface area (Å²) in [5.41, 5.74) is 0.233. The molecule has 0 radical (unpaired) electrons. The Kier molecular flexibility index (Phi) is 7.04. The van der Waals surface area contributed by atoms with E-state index < -0.39 is 19.3 Å². The smallest absolute Gasteiger partial charge is 0.325 e. The molecule has 0 saturated heterocycles. The summed E-state index contributed by atoms with van der Waals surface area (Å²) >= 11 is 0. The predicted octanol–water partition coefficient (Wildman–Crippen LogP) is 2.69.